The summed E-state index contributed by atoms with van der Waals surface area (Å²) >= 11 is 0. The van der Waals surface area contributed by atoms with Gasteiger partial charge in [-0.15, -0.1) is 10.2 Å². The number of aryl methyl sites for hydroxylation is 1. The SMILES string of the molecule is CCc1nnc(CN2CCCC(C=O)C2)o1. The Bertz CT molecular complexity index is 351. The van der Waals surface area contributed by atoms with Crippen molar-refractivity contribution in [2.75, 3.05) is 13.1 Å². The molecule has 0 N–H and O–H groups in total. The molecule has 5 heteroatoms. The molecule has 2 heterocycles. The Morgan fingerprint density at radius 1 is 1.50 bits per heavy atom. The molecule has 1 saturated heterocycles. The molecule has 1 atom stereocenters. The minimum Gasteiger partial charge on any atom is -0.424 e. The number of carbonyl (C=O) groups is 1. The number of aromatic nitrogens is 2. The molecule has 0 saturated carbocycles. The van der Waals surface area contributed by atoms with Crippen LogP contribution in [-0.2, 0) is 17.8 Å². The number of aldehydes is 1. The smallest absolute Gasteiger partial charge is 0.230 e. The Kier molecular flexibility index (Phi) is 3.66. The van der Waals surface area contributed by atoms with E-state index in [-0.39, 0.29) is 5.92 Å². The molecule has 88 valence electrons. The topological polar surface area (TPSA) is 59.2 Å². The van der Waals surface area contributed by atoms with Crippen LogP contribution in [0.2, 0.25) is 0 Å². The summed E-state index contributed by atoms with van der Waals surface area (Å²) in [4.78, 5) is 12.9. The predicted molar refractivity (Wildman–Crippen MR) is 57.7 cm³/mol. The fourth-order valence-electron chi connectivity index (χ4n) is 2.03. The number of likely N-dealkylation sites (tertiary alicyclic amines) is 1. The number of carbonyl (C=O) groups excluding carboxylic acids is 1. The van der Waals surface area contributed by atoms with Crippen LogP contribution < -0.4 is 0 Å². The Morgan fingerprint density at radius 3 is 3.00 bits per heavy atom. The minimum atomic E-state index is 0.169. The molecule has 1 aromatic heterocycles. The number of rotatable bonds is 4. The van der Waals surface area contributed by atoms with Gasteiger partial charge in [0.05, 0.1) is 6.54 Å². The van der Waals surface area contributed by atoms with Gasteiger partial charge < -0.3 is 9.21 Å². The highest BCUT2D eigenvalue weighted by molar-refractivity contribution is 5.53. The van der Waals surface area contributed by atoms with Crippen LogP contribution in [0.15, 0.2) is 4.42 Å². The van der Waals surface area contributed by atoms with Crippen molar-refractivity contribution in [2.24, 2.45) is 5.92 Å². The van der Waals surface area contributed by atoms with Gasteiger partial charge in [0, 0.05) is 18.9 Å². The molecule has 5 nitrogen and oxygen atoms in total. The molecule has 16 heavy (non-hydrogen) atoms. The molecule has 0 aliphatic carbocycles. The Balaban J connectivity index is 1.91. The quantitative estimate of drug-likeness (QED) is 0.714. The summed E-state index contributed by atoms with van der Waals surface area (Å²) in [6.07, 6.45) is 3.89. The van der Waals surface area contributed by atoms with E-state index in [1.54, 1.807) is 0 Å². The lowest BCUT2D eigenvalue weighted by Crippen LogP contribution is -2.35. The predicted octanol–water partition coefficient (Wildman–Crippen LogP) is 1.04. The van der Waals surface area contributed by atoms with Gasteiger partial charge in [0.2, 0.25) is 11.8 Å². The first-order valence-corrected chi connectivity index (χ1v) is 5.80. The van der Waals surface area contributed by atoms with E-state index in [4.69, 9.17) is 4.42 Å². The van der Waals surface area contributed by atoms with Crippen molar-refractivity contribution in [1.82, 2.24) is 15.1 Å². The van der Waals surface area contributed by atoms with E-state index < -0.39 is 0 Å². The normalized spacial score (nSPS) is 22.2. The van der Waals surface area contributed by atoms with Gasteiger partial charge >= 0.3 is 0 Å². The van der Waals surface area contributed by atoms with Crippen LogP contribution in [0.3, 0.4) is 0 Å². The second-order valence-electron chi connectivity index (χ2n) is 4.22. The fourth-order valence-corrected chi connectivity index (χ4v) is 2.03. The van der Waals surface area contributed by atoms with Gasteiger partial charge in [-0.3, -0.25) is 4.90 Å². The zero-order chi connectivity index (χ0) is 11.4. The van der Waals surface area contributed by atoms with Gasteiger partial charge in [-0.25, -0.2) is 0 Å². The van der Waals surface area contributed by atoms with Gasteiger partial charge in [0.15, 0.2) is 0 Å². The van der Waals surface area contributed by atoms with E-state index in [1.165, 1.54) is 0 Å². The maximum absolute atomic E-state index is 10.7. The average Bonchev–Trinajstić information content (AvgIpc) is 2.77. The summed E-state index contributed by atoms with van der Waals surface area (Å²) < 4.78 is 5.45. The number of nitrogens with zero attached hydrogens (tertiary/aromatic N) is 3. The van der Waals surface area contributed by atoms with Gasteiger partial charge in [-0.2, -0.15) is 0 Å². The highest BCUT2D eigenvalue weighted by Crippen LogP contribution is 2.16. The molecule has 0 radical (unpaired) electrons. The summed E-state index contributed by atoms with van der Waals surface area (Å²) in [5, 5.41) is 7.91. The van der Waals surface area contributed by atoms with E-state index in [2.05, 4.69) is 15.1 Å². The number of hydrogen-bond donors (Lipinski definition) is 0. The standard InChI is InChI=1S/C11H17N3O2/c1-2-10-12-13-11(16-10)7-14-5-3-4-9(6-14)8-15/h8-9H,2-7H2,1H3. The van der Waals surface area contributed by atoms with Crippen molar-refractivity contribution in [2.45, 2.75) is 32.7 Å². The molecule has 0 amide bonds. The van der Waals surface area contributed by atoms with Gasteiger partial charge in [-0.1, -0.05) is 6.92 Å². The van der Waals surface area contributed by atoms with E-state index in [0.29, 0.717) is 18.3 Å². The third-order valence-corrected chi connectivity index (χ3v) is 2.90. The van der Waals surface area contributed by atoms with Crippen molar-refractivity contribution < 1.29 is 9.21 Å². The molecule has 1 aromatic rings. The minimum absolute atomic E-state index is 0.169. The highest BCUT2D eigenvalue weighted by atomic mass is 16.4. The second-order valence-corrected chi connectivity index (χ2v) is 4.22. The first kappa shape index (κ1) is 11.3. The molecule has 2 rings (SSSR count). The molecular formula is C11H17N3O2. The van der Waals surface area contributed by atoms with E-state index in [9.17, 15) is 4.79 Å². The van der Waals surface area contributed by atoms with Gasteiger partial charge in [-0.05, 0) is 19.4 Å². The summed E-state index contributed by atoms with van der Waals surface area (Å²) in [6, 6.07) is 0. The van der Waals surface area contributed by atoms with E-state index in [0.717, 1.165) is 38.6 Å². The zero-order valence-electron chi connectivity index (χ0n) is 9.56. The largest absolute Gasteiger partial charge is 0.424 e. The summed E-state index contributed by atoms with van der Waals surface area (Å²) in [5.74, 6) is 1.50. The lowest BCUT2D eigenvalue weighted by atomic mass is 10.00. The fraction of sp³-hybridized carbons (Fsp3) is 0.727. The van der Waals surface area contributed by atoms with Crippen LogP contribution in [-0.4, -0.2) is 34.5 Å². The zero-order valence-corrected chi connectivity index (χ0v) is 9.56. The van der Waals surface area contributed by atoms with Crippen molar-refractivity contribution in [1.29, 1.82) is 0 Å². The Labute approximate surface area is 94.8 Å². The molecule has 0 bridgehead atoms. The van der Waals surface area contributed by atoms with E-state index >= 15 is 0 Å². The number of piperidine rings is 1. The average molecular weight is 223 g/mol. The van der Waals surface area contributed by atoms with Gasteiger partial charge in [0.25, 0.3) is 0 Å². The third-order valence-electron chi connectivity index (χ3n) is 2.90. The molecule has 1 aliphatic heterocycles. The Morgan fingerprint density at radius 2 is 2.31 bits per heavy atom. The monoisotopic (exact) mass is 223 g/mol. The summed E-state index contributed by atoms with van der Waals surface area (Å²) in [5.41, 5.74) is 0. The highest BCUT2D eigenvalue weighted by Gasteiger charge is 2.20. The molecule has 1 unspecified atom stereocenters. The van der Waals surface area contributed by atoms with Crippen molar-refractivity contribution in [3.05, 3.63) is 11.8 Å². The second kappa shape index (κ2) is 5.21. The summed E-state index contributed by atoms with van der Waals surface area (Å²) in [7, 11) is 0. The lowest BCUT2D eigenvalue weighted by molar-refractivity contribution is -0.112. The maximum Gasteiger partial charge on any atom is 0.230 e. The first-order chi connectivity index (χ1) is 7.81. The van der Waals surface area contributed by atoms with Crippen LogP contribution in [0.1, 0.15) is 31.5 Å². The van der Waals surface area contributed by atoms with Crippen LogP contribution in [0.25, 0.3) is 0 Å². The molecule has 0 aromatic carbocycles. The lowest BCUT2D eigenvalue weighted by Gasteiger charge is -2.28. The third kappa shape index (κ3) is 2.66. The molecular weight excluding hydrogens is 206 g/mol. The molecule has 0 spiro atoms. The van der Waals surface area contributed by atoms with Crippen LogP contribution in [0.5, 0.6) is 0 Å². The van der Waals surface area contributed by atoms with Gasteiger partial charge in [0.1, 0.15) is 6.29 Å². The van der Waals surface area contributed by atoms with Crippen molar-refractivity contribution in [3.8, 4) is 0 Å². The number of hydrogen-bond acceptors (Lipinski definition) is 5. The first-order valence-electron chi connectivity index (χ1n) is 5.80. The van der Waals surface area contributed by atoms with Crippen LogP contribution >= 0.6 is 0 Å². The van der Waals surface area contributed by atoms with Crippen molar-refractivity contribution in [3.63, 3.8) is 0 Å². The van der Waals surface area contributed by atoms with Crippen LogP contribution in [0.4, 0.5) is 0 Å². The molecule has 1 aliphatic rings. The summed E-state index contributed by atoms with van der Waals surface area (Å²) in [6.45, 7) is 4.47. The van der Waals surface area contributed by atoms with E-state index in [1.807, 2.05) is 6.92 Å². The van der Waals surface area contributed by atoms with Crippen molar-refractivity contribution >= 4 is 6.29 Å². The maximum atomic E-state index is 10.7. The Hall–Kier alpha value is -1.23. The van der Waals surface area contributed by atoms with Crippen LogP contribution in [0, 0.1) is 5.92 Å². The molecule has 1 fully saturated rings.